The predicted molar refractivity (Wildman–Crippen MR) is 95.8 cm³/mol. The van der Waals surface area contributed by atoms with Crippen molar-refractivity contribution in [2.75, 3.05) is 5.32 Å². The van der Waals surface area contributed by atoms with Crippen LogP contribution in [0.4, 0.5) is 5.69 Å². The van der Waals surface area contributed by atoms with Crippen molar-refractivity contribution in [1.82, 2.24) is 5.16 Å². The zero-order valence-corrected chi connectivity index (χ0v) is 14.3. The smallest absolute Gasteiger partial charge is 0.261 e. The molecule has 3 aromatic rings. The fourth-order valence-corrected chi connectivity index (χ4v) is 2.52. The second kappa shape index (κ2) is 7.66. The highest BCUT2D eigenvalue weighted by Gasteiger charge is 2.19. The van der Waals surface area contributed by atoms with E-state index in [-0.39, 0.29) is 5.91 Å². The number of carbonyl (C=O) groups excluding carboxylic acids is 1. The van der Waals surface area contributed by atoms with E-state index in [1.165, 1.54) is 0 Å². The highest BCUT2D eigenvalue weighted by molar-refractivity contribution is 6.05. The number of hydrogen-bond donors (Lipinski definition) is 1. The fraction of sp³-hybridized carbons (Fsp3) is 0.200. The Balaban J connectivity index is 1.62. The van der Waals surface area contributed by atoms with Crippen LogP contribution in [0, 0.1) is 6.92 Å². The summed E-state index contributed by atoms with van der Waals surface area (Å²) < 4.78 is 10.8. The van der Waals surface area contributed by atoms with Gasteiger partial charge in [-0.25, -0.2) is 0 Å². The van der Waals surface area contributed by atoms with Crippen LogP contribution in [0.25, 0.3) is 0 Å². The first kappa shape index (κ1) is 16.8. The average Bonchev–Trinajstić information content (AvgIpc) is 3.03. The molecule has 0 radical (unpaired) electrons. The largest absolute Gasteiger partial charge is 0.489 e. The molecule has 0 atom stereocenters. The molecule has 0 unspecified atom stereocenters. The average molecular weight is 336 g/mol. The quantitative estimate of drug-likeness (QED) is 0.725. The number of nitrogens with one attached hydrogen (secondary N) is 1. The van der Waals surface area contributed by atoms with E-state index in [4.69, 9.17) is 9.26 Å². The van der Waals surface area contributed by atoms with Gasteiger partial charge in [0.25, 0.3) is 5.91 Å². The monoisotopic (exact) mass is 336 g/mol. The molecule has 1 N–H and O–H groups in total. The molecule has 0 spiro atoms. The number of rotatable bonds is 6. The number of nitrogens with zero attached hydrogens (tertiary/aromatic N) is 1. The molecule has 0 aliphatic rings. The molecular weight excluding hydrogens is 316 g/mol. The molecule has 0 saturated heterocycles. The Bertz CT molecular complexity index is 839. The van der Waals surface area contributed by atoms with Crippen LogP contribution in [0.1, 0.15) is 34.3 Å². The van der Waals surface area contributed by atoms with Gasteiger partial charge in [0.1, 0.15) is 23.7 Å². The van der Waals surface area contributed by atoms with Crippen LogP contribution in [-0.4, -0.2) is 11.1 Å². The summed E-state index contributed by atoms with van der Waals surface area (Å²) in [5.74, 6) is 1.06. The highest BCUT2D eigenvalue weighted by Crippen LogP contribution is 2.20. The van der Waals surface area contributed by atoms with E-state index >= 15 is 0 Å². The normalized spacial score (nSPS) is 10.5. The number of benzene rings is 2. The van der Waals surface area contributed by atoms with Gasteiger partial charge in [0.15, 0.2) is 0 Å². The second-order valence-electron chi connectivity index (χ2n) is 5.67. The molecule has 0 saturated carbocycles. The zero-order chi connectivity index (χ0) is 17.6. The number of amides is 1. The van der Waals surface area contributed by atoms with Gasteiger partial charge in [-0.3, -0.25) is 4.79 Å². The first-order valence-corrected chi connectivity index (χ1v) is 8.20. The molecule has 2 aromatic carbocycles. The van der Waals surface area contributed by atoms with E-state index in [9.17, 15) is 4.79 Å². The maximum atomic E-state index is 12.4. The predicted octanol–water partition coefficient (Wildman–Crippen LogP) is 4.38. The lowest BCUT2D eigenvalue weighted by atomic mass is 10.1. The molecule has 0 bridgehead atoms. The molecule has 1 amide bonds. The van der Waals surface area contributed by atoms with Crippen molar-refractivity contribution in [2.24, 2.45) is 0 Å². The maximum Gasteiger partial charge on any atom is 0.261 e. The van der Waals surface area contributed by atoms with Gasteiger partial charge in [0.05, 0.1) is 5.69 Å². The van der Waals surface area contributed by atoms with Crippen LogP contribution >= 0.6 is 0 Å². The third-order valence-electron chi connectivity index (χ3n) is 3.86. The number of anilines is 1. The molecular formula is C20H20N2O3. The van der Waals surface area contributed by atoms with E-state index in [2.05, 4.69) is 10.5 Å². The minimum Gasteiger partial charge on any atom is -0.489 e. The summed E-state index contributed by atoms with van der Waals surface area (Å²) in [5.41, 5.74) is 2.97. The lowest BCUT2D eigenvalue weighted by Gasteiger charge is -2.08. The molecule has 0 aliphatic carbocycles. The minimum atomic E-state index is -0.214. The van der Waals surface area contributed by atoms with Crippen LogP contribution in [0.15, 0.2) is 59.1 Å². The van der Waals surface area contributed by atoms with E-state index in [0.29, 0.717) is 35.7 Å². The van der Waals surface area contributed by atoms with Crippen molar-refractivity contribution >= 4 is 11.6 Å². The van der Waals surface area contributed by atoms with E-state index in [0.717, 1.165) is 11.3 Å². The zero-order valence-electron chi connectivity index (χ0n) is 14.3. The lowest BCUT2D eigenvalue weighted by molar-refractivity contribution is 0.102. The van der Waals surface area contributed by atoms with Crippen LogP contribution in [0.3, 0.4) is 0 Å². The van der Waals surface area contributed by atoms with Gasteiger partial charge >= 0.3 is 0 Å². The maximum absolute atomic E-state index is 12.4. The fourth-order valence-electron chi connectivity index (χ4n) is 2.52. The Kier molecular flexibility index (Phi) is 5.14. The molecule has 1 heterocycles. The highest BCUT2D eigenvalue weighted by atomic mass is 16.5. The summed E-state index contributed by atoms with van der Waals surface area (Å²) in [6, 6.07) is 17.3. The molecule has 3 rings (SSSR count). The molecule has 128 valence electrons. The van der Waals surface area contributed by atoms with Gasteiger partial charge in [-0.1, -0.05) is 42.4 Å². The van der Waals surface area contributed by atoms with Crippen LogP contribution in [0.5, 0.6) is 5.75 Å². The van der Waals surface area contributed by atoms with Crippen LogP contribution < -0.4 is 10.1 Å². The molecule has 5 heteroatoms. The van der Waals surface area contributed by atoms with Gasteiger partial charge in [-0.15, -0.1) is 0 Å². The minimum absolute atomic E-state index is 0.214. The SMILES string of the molecule is CCc1noc(C)c1C(=O)Nc1ccc(OCc2ccccc2)cc1. The van der Waals surface area contributed by atoms with Crippen LogP contribution in [-0.2, 0) is 13.0 Å². The third kappa shape index (κ3) is 4.07. The van der Waals surface area contributed by atoms with Crippen molar-refractivity contribution in [1.29, 1.82) is 0 Å². The molecule has 0 fully saturated rings. The number of carbonyl (C=O) groups is 1. The summed E-state index contributed by atoms with van der Waals surface area (Å²) >= 11 is 0. The van der Waals surface area contributed by atoms with E-state index < -0.39 is 0 Å². The third-order valence-corrected chi connectivity index (χ3v) is 3.86. The van der Waals surface area contributed by atoms with Gasteiger partial charge < -0.3 is 14.6 Å². The van der Waals surface area contributed by atoms with Crippen molar-refractivity contribution in [3.63, 3.8) is 0 Å². The number of aromatic nitrogens is 1. The topological polar surface area (TPSA) is 64.4 Å². The van der Waals surface area contributed by atoms with Crippen molar-refractivity contribution < 1.29 is 14.1 Å². The Morgan fingerprint density at radius 2 is 1.84 bits per heavy atom. The van der Waals surface area contributed by atoms with Gasteiger partial charge in [0.2, 0.25) is 0 Å². The summed E-state index contributed by atoms with van der Waals surface area (Å²) in [5, 5.41) is 6.77. The van der Waals surface area contributed by atoms with Gasteiger partial charge in [0, 0.05) is 5.69 Å². The number of ether oxygens (including phenoxy) is 1. The van der Waals surface area contributed by atoms with Crippen molar-refractivity contribution in [3.8, 4) is 5.75 Å². The Morgan fingerprint density at radius 3 is 2.52 bits per heavy atom. The second-order valence-corrected chi connectivity index (χ2v) is 5.67. The Hall–Kier alpha value is -3.08. The summed E-state index contributed by atoms with van der Waals surface area (Å²) in [6.07, 6.45) is 0.645. The molecule has 25 heavy (non-hydrogen) atoms. The summed E-state index contributed by atoms with van der Waals surface area (Å²) in [4.78, 5) is 12.4. The van der Waals surface area contributed by atoms with Crippen LogP contribution in [0.2, 0.25) is 0 Å². The van der Waals surface area contributed by atoms with Gasteiger partial charge in [-0.05, 0) is 43.2 Å². The standard InChI is InChI=1S/C20H20N2O3/c1-3-18-19(14(2)25-22-18)20(23)21-16-9-11-17(12-10-16)24-13-15-7-5-4-6-8-15/h4-12H,3,13H2,1-2H3,(H,21,23). The lowest BCUT2D eigenvalue weighted by Crippen LogP contribution is -2.14. The summed E-state index contributed by atoms with van der Waals surface area (Å²) in [7, 11) is 0. The van der Waals surface area contributed by atoms with Crippen molar-refractivity contribution in [3.05, 3.63) is 77.2 Å². The number of hydrogen-bond acceptors (Lipinski definition) is 4. The van der Waals surface area contributed by atoms with Gasteiger partial charge in [-0.2, -0.15) is 0 Å². The molecule has 1 aromatic heterocycles. The number of aryl methyl sites for hydroxylation is 2. The first-order valence-electron chi connectivity index (χ1n) is 8.20. The summed E-state index contributed by atoms with van der Waals surface area (Å²) in [6.45, 7) is 4.18. The Morgan fingerprint density at radius 1 is 1.12 bits per heavy atom. The van der Waals surface area contributed by atoms with Crippen molar-refractivity contribution in [2.45, 2.75) is 26.9 Å². The van der Waals surface area contributed by atoms with E-state index in [1.54, 1.807) is 6.92 Å². The Labute approximate surface area is 146 Å². The molecule has 0 aliphatic heterocycles. The van der Waals surface area contributed by atoms with E-state index in [1.807, 2.05) is 61.5 Å². The first-order chi connectivity index (χ1) is 12.2. The molecule has 5 nitrogen and oxygen atoms in total.